The first-order chi connectivity index (χ1) is 12.0. The number of carboxylic acids is 1. The van der Waals surface area contributed by atoms with E-state index in [0.29, 0.717) is 6.61 Å². The summed E-state index contributed by atoms with van der Waals surface area (Å²) >= 11 is 0. The average Bonchev–Trinajstić information content (AvgIpc) is 3.15. The molecule has 0 saturated heterocycles. The smallest absolute Gasteiger partial charge is 0.313 e. The average molecular weight is 426 g/mol. The van der Waals surface area contributed by atoms with E-state index in [9.17, 15) is 9.90 Å². The molecule has 0 heterocycles. The van der Waals surface area contributed by atoms with Crippen molar-refractivity contribution in [2.75, 3.05) is 33.3 Å². The van der Waals surface area contributed by atoms with Crippen LogP contribution in [0.15, 0.2) is 42.0 Å². The van der Waals surface area contributed by atoms with Gasteiger partial charge in [0.1, 0.15) is 12.5 Å². The summed E-state index contributed by atoms with van der Waals surface area (Å²) in [6, 6.07) is 9.49. The number of likely N-dealkylation sites (N-methyl/N-ethyl adjacent to an activating group) is 1. The lowest BCUT2D eigenvalue weighted by molar-refractivity contribution is -0.906. The largest absolute Gasteiger partial charge is 1.00 e. The fourth-order valence-corrected chi connectivity index (χ4v) is 3.42. The molecule has 1 N–H and O–H groups in total. The molecule has 26 heavy (non-hydrogen) atoms. The second kappa shape index (κ2) is 10.9. The molecule has 2 rings (SSSR count). The monoisotopic (exact) mass is 425 g/mol. The highest BCUT2D eigenvalue weighted by Crippen LogP contribution is 2.33. The fourth-order valence-electron chi connectivity index (χ4n) is 3.42. The second-order valence-corrected chi connectivity index (χ2v) is 7.16. The number of nitrogens with zero attached hydrogens (tertiary/aromatic N) is 1. The Morgan fingerprint density at radius 3 is 2.38 bits per heavy atom. The molecular weight excluding hydrogens is 394 g/mol. The molecule has 0 spiro atoms. The van der Waals surface area contributed by atoms with Crippen molar-refractivity contribution in [3.8, 4) is 0 Å². The van der Waals surface area contributed by atoms with Crippen LogP contribution in [0.5, 0.6) is 0 Å². The lowest BCUT2D eigenvalue weighted by Gasteiger charge is -2.33. The van der Waals surface area contributed by atoms with Crippen LogP contribution in [0.2, 0.25) is 0 Å². The van der Waals surface area contributed by atoms with Crippen molar-refractivity contribution in [1.29, 1.82) is 0 Å². The van der Waals surface area contributed by atoms with E-state index < -0.39 is 11.9 Å². The Morgan fingerprint density at radius 2 is 1.88 bits per heavy atom. The van der Waals surface area contributed by atoms with Gasteiger partial charge >= 0.3 is 5.97 Å². The number of halogens is 1. The summed E-state index contributed by atoms with van der Waals surface area (Å²) in [5, 5.41) is 9.90. The Labute approximate surface area is 168 Å². The summed E-state index contributed by atoms with van der Waals surface area (Å²) in [5.74, 6) is -1.46. The van der Waals surface area contributed by atoms with Crippen LogP contribution < -0.4 is 17.0 Å². The van der Waals surface area contributed by atoms with E-state index in [1.807, 2.05) is 30.3 Å². The standard InChI is InChI=1S/C21H31NO3.BrH/c1-4-22(3,5-2)15-16-25-20(18-13-9-10-14-18)19(21(23)24)17-11-7-6-8-12-17;/h6-8,11-13,19-20H,4-5,9-10,14-16H2,1-3H3;1H. The molecular formula is C21H32BrNO3. The number of carbonyl (C=O) groups is 1. The Kier molecular flexibility index (Phi) is 9.55. The molecule has 0 saturated carbocycles. The van der Waals surface area contributed by atoms with Crippen LogP contribution in [0.3, 0.4) is 0 Å². The molecule has 0 aliphatic heterocycles. The van der Waals surface area contributed by atoms with Crippen LogP contribution in [0.4, 0.5) is 0 Å². The number of benzene rings is 1. The van der Waals surface area contributed by atoms with E-state index in [4.69, 9.17) is 4.74 Å². The number of carboxylic acid groups (broad SMARTS) is 1. The molecule has 1 aromatic carbocycles. The summed E-state index contributed by atoms with van der Waals surface area (Å²) in [6.45, 7) is 7.95. The van der Waals surface area contributed by atoms with Gasteiger partial charge in [-0.05, 0) is 44.2 Å². The van der Waals surface area contributed by atoms with Crippen LogP contribution in [-0.2, 0) is 9.53 Å². The molecule has 2 unspecified atom stereocenters. The zero-order valence-corrected chi connectivity index (χ0v) is 17.7. The maximum Gasteiger partial charge on any atom is 0.313 e. The van der Waals surface area contributed by atoms with Gasteiger partial charge < -0.3 is 31.3 Å². The highest BCUT2D eigenvalue weighted by molar-refractivity contribution is 5.77. The van der Waals surface area contributed by atoms with E-state index >= 15 is 0 Å². The third-order valence-corrected chi connectivity index (χ3v) is 5.62. The van der Waals surface area contributed by atoms with Crippen LogP contribution in [0.1, 0.15) is 44.6 Å². The third-order valence-electron chi connectivity index (χ3n) is 5.62. The normalized spacial score (nSPS) is 16.5. The first-order valence-electron chi connectivity index (χ1n) is 9.42. The van der Waals surface area contributed by atoms with Crippen molar-refractivity contribution >= 4 is 5.97 Å². The Balaban J connectivity index is 0.00000338. The molecule has 1 aliphatic carbocycles. The molecule has 0 aromatic heterocycles. The van der Waals surface area contributed by atoms with Gasteiger partial charge in [-0.15, -0.1) is 0 Å². The van der Waals surface area contributed by atoms with Crippen molar-refractivity contribution in [2.24, 2.45) is 0 Å². The topological polar surface area (TPSA) is 46.5 Å². The lowest BCUT2D eigenvalue weighted by Crippen LogP contribution is -3.00. The Bertz CT molecular complexity index is 584. The highest BCUT2D eigenvalue weighted by atomic mass is 79.9. The maximum absolute atomic E-state index is 12.1. The third kappa shape index (κ3) is 5.93. The van der Waals surface area contributed by atoms with Crippen molar-refractivity contribution in [3.63, 3.8) is 0 Å². The molecule has 0 radical (unpaired) electrons. The summed E-state index contributed by atoms with van der Waals surface area (Å²) in [4.78, 5) is 12.1. The lowest BCUT2D eigenvalue weighted by atomic mass is 9.88. The zero-order chi connectivity index (χ0) is 18.3. The molecule has 1 aliphatic rings. The van der Waals surface area contributed by atoms with E-state index in [1.54, 1.807) is 0 Å². The number of hydrogen-bond acceptors (Lipinski definition) is 2. The van der Waals surface area contributed by atoms with E-state index in [-0.39, 0.29) is 23.1 Å². The molecule has 0 amide bonds. The number of aliphatic carboxylic acids is 1. The minimum absolute atomic E-state index is 0. The van der Waals surface area contributed by atoms with Gasteiger partial charge in [0.05, 0.1) is 32.8 Å². The van der Waals surface area contributed by atoms with Crippen molar-refractivity contribution in [2.45, 2.75) is 45.1 Å². The first-order valence-corrected chi connectivity index (χ1v) is 9.42. The fraction of sp³-hybridized carbons (Fsp3) is 0.571. The van der Waals surface area contributed by atoms with E-state index in [1.165, 1.54) is 0 Å². The van der Waals surface area contributed by atoms with Crippen LogP contribution in [-0.4, -0.2) is 55.0 Å². The minimum atomic E-state index is -0.813. The van der Waals surface area contributed by atoms with Crippen LogP contribution in [0.25, 0.3) is 0 Å². The van der Waals surface area contributed by atoms with Gasteiger partial charge in [0.25, 0.3) is 0 Å². The predicted octanol–water partition coefficient (Wildman–Crippen LogP) is 0.841. The summed E-state index contributed by atoms with van der Waals surface area (Å²) in [6.07, 6.45) is 4.86. The van der Waals surface area contributed by atoms with Crippen molar-refractivity contribution < 1.29 is 36.1 Å². The zero-order valence-electron chi connectivity index (χ0n) is 16.2. The molecule has 146 valence electrons. The van der Waals surface area contributed by atoms with Gasteiger partial charge in [-0.25, -0.2) is 0 Å². The van der Waals surface area contributed by atoms with Gasteiger partial charge in [0.15, 0.2) is 0 Å². The Hall–Kier alpha value is -1.17. The number of quaternary nitrogens is 1. The second-order valence-electron chi connectivity index (χ2n) is 7.16. The molecule has 4 nitrogen and oxygen atoms in total. The number of hydrogen-bond donors (Lipinski definition) is 1. The van der Waals surface area contributed by atoms with Gasteiger partial charge in [0, 0.05) is 0 Å². The predicted molar refractivity (Wildman–Crippen MR) is 101 cm³/mol. The quantitative estimate of drug-likeness (QED) is 0.446. The number of allylic oxidation sites excluding steroid dienone is 1. The van der Waals surface area contributed by atoms with Gasteiger partial charge in [-0.1, -0.05) is 36.4 Å². The Morgan fingerprint density at radius 1 is 1.23 bits per heavy atom. The maximum atomic E-state index is 12.1. The molecule has 1 aromatic rings. The van der Waals surface area contributed by atoms with E-state index in [2.05, 4.69) is 27.0 Å². The van der Waals surface area contributed by atoms with Crippen molar-refractivity contribution in [1.82, 2.24) is 0 Å². The molecule has 5 heteroatoms. The SMILES string of the molecule is CC[N+](C)(CC)CCOC(C1=CCCC1)C(C(=O)O)c1ccccc1.[Br-]. The van der Waals surface area contributed by atoms with E-state index in [0.717, 1.165) is 54.5 Å². The van der Waals surface area contributed by atoms with Gasteiger partial charge in [-0.2, -0.15) is 0 Å². The van der Waals surface area contributed by atoms with Crippen LogP contribution >= 0.6 is 0 Å². The molecule has 0 bridgehead atoms. The summed E-state index contributed by atoms with van der Waals surface area (Å²) < 4.78 is 7.18. The van der Waals surface area contributed by atoms with Crippen LogP contribution in [0, 0.1) is 0 Å². The highest BCUT2D eigenvalue weighted by Gasteiger charge is 2.34. The summed E-state index contributed by atoms with van der Waals surface area (Å²) in [5.41, 5.74) is 1.97. The summed E-state index contributed by atoms with van der Waals surface area (Å²) in [7, 11) is 2.22. The van der Waals surface area contributed by atoms with Gasteiger partial charge in [0.2, 0.25) is 0 Å². The molecule has 0 fully saturated rings. The number of ether oxygens (including phenoxy) is 1. The van der Waals surface area contributed by atoms with Crippen molar-refractivity contribution in [3.05, 3.63) is 47.5 Å². The van der Waals surface area contributed by atoms with Gasteiger partial charge in [-0.3, -0.25) is 4.79 Å². The number of rotatable bonds is 10. The molecule has 2 atom stereocenters. The minimum Gasteiger partial charge on any atom is -1.00 e. The first kappa shape index (κ1) is 22.9.